The number of rotatable bonds is 2. The molecule has 1 heterocycles. The van der Waals surface area contributed by atoms with E-state index in [-0.39, 0.29) is 0 Å². The van der Waals surface area contributed by atoms with E-state index in [4.69, 9.17) is 5.26 Å². The van der Waals surface area contributed by atoms with Gasteiger partial charge in [-0.3, -0.25) is 0 Å². The summed E-state index contributed by atoms with van der Waals surface area (Å²) >= 11 is 0. The first-order valence-corrected chi connectivity index (χ1v) is 4.64. The first kappa shape index (κ1) is 9.35. The summed E-state index contributed by atoms with van der Waals surface area (Å²) in [5.74, 6) is 0.670. The van der Waals surface area contributed by atoms with Crippen LogP contribution in [0.1, 0.15) is 5.69 Å². The van der Waals surface area contributed by atoms with Crippen LogP contribution in [-0.2, 0) is 6.42 Å². The van der Waals surface area contributed by atoms with Crippen LogP contribution >= 0.6 is 0 Å². The van der Waals surface area contributed by atoms with Gasteiger partial charge in [0.05, 0.1) is 18.2 Å². The lowest BCUT2D eigenvalue weighted by Gasteiger charge is -2.00. The molecule has 3 heteroatoms. The topological polar surface area (TPSA) is 49.6 Å². The van der Waals surface area contributed by atoms with Gasteiger partial charge in [0.15, 0.2) is 5.82 Å². The maximum Gasteiger partial charge on any atom is 0.159 e. The molecule has 0 spiro atoms. The standard InChI is InChI=1S/C12H9N3/c13-8-6-11-7-9-14-12(15-11)10-4-2-1-3-5-10/h1-5,7,9H,6H2. The summed E-state index contributed by atoms with van der Waals surface area (Å²) in [6.07, 6.45) is 2.00. The van der Waals surface area contributed by atoms with Crippen LogP contribution in [0.5, 0.6) is 0 Å². The van der Waals surface area contributed by atoms with Crippen molar-refractivity contribution in [2.45, 2.75) is 6.42 Å². The Bertz CT molecular complexity index is 486. The van der Waals surface area contributed by atoms with Crippen molar-refractivity contribution in [2.75, 3.05) is 0 Å². The van der Waals surface area contributed by atoms with Gasteiger partial charge in [0.1, 0.15) is 0 Å². The van der Waals surface area contributed by atoms with Crippen molar-refractivity contribution in [3.63, 3.8) is 0 Å². The number of hydrogen-bond acceptors (Lipinski definition) is 3. The Morgan fingerprint density at radius 1 is 1.13 bits per heavy atom. The Balaban J connectivity index is 2.38. The van der Waals surface area contributed by atoms with E-state index >= 15 is 0 Å². The van der Waals surface area contributed by atoms with Gasteiger partial charge in [0.2, 0.25) is 0 Å². The fraction of sp³-hybridized carbons (Fsp3) is 0.0833. The predicted octanol–water partition coefficient (Wildman–Crippen LogP) is 2.21. The van der Waals surface area contributed by atoms with Crippen LogP contribution in [0.25, 0.3) is 11.4 Å². The van der Waals surface area contributed by atoms with E-state index < -0.39 is 0 Å². The van der Waals surface area contributed by atoms with E-state index in [1.807, 2.05) is 30.3 Å². The van der Waals surface area contributed by atoms with E-state index in [0.717, 1.165) is 11.3 Å². The molecule has 1 aromatic carbocycles. The van der Waals surface area contributed by atoms with Gasteiger partial charge in [0.25, 0.3) is 0 Å². The molecule has 0 bridgehead atoms. The Kier molecular flexibility index (Phi) is 2.70. The van der Waals surface area contributed by atoms with Gasteiger partial charge >= 0.3 is 0 Å². The molecular formula is C12H9N3. The van der Waals surface area contributed by atoms with E-state index in [9.17, 15) is 0 Å². The lowest BCUT2D eigenvalue weighted by Crippen LogP contribution is -1.93. The Hall–Kier alpha value is -2.21. The summed E-state index contributed by atoms with van der Waals surface area (Å²) in [6.45, 7) is 0. The van der Waals surface area contributed by atoms with Gasteiger partial charge in [-0.25, -0.2) is 9.97 Å². The fourth-order valence-electron chi connectivity index (χ4n) is 1.30. The number of hydrogen-bond donors (Lipinski definition) is 0. The summed E-state index contributed by atoms with van der Waals surface area (Å²) in [5, 5.41) is 8.57. The molecule has 15 heavy (non-hydrogen) atoms. The second kappa shape index (κ2) is 4.34. The quantitative estimate of drug-likeness (QED) is 0.738. The summed E-state index contributed by atoms with van der Waals surface area (Å²) in [5.41, 5.74) is 1.73. The fourth-order valence-corrected chi connectivity index (χ4v) is 1.30. The van der Waals surface area contributed by atoms with Crippen LogP contribution in [0.2, 0.25) is 0 Å². The molecule has 0 radical (unpaired) electrons. The van der Waals surface area contributed by atoms with Gasteiger partial charge < -0.3 is 0 Å². The molecule has 72 valence electrons. The predicted molar refractivity (Wildman–Crippen MR) is 56.8 cm³/mol. The van der Waals surface area contributed by atoms with E-state index in [0.29, 0.717) is 12.2 Å². The largest absolute Gasteiger partial charge is 0.237 e. The molecule has 2 aromatic rings. The first-order valence-electron chi connectivity index (χ1n) is 4.64. The van der Waals surface area contributed by atoms with Crippen LogP contribution in [0.3, 0.4) is 0 Å². The smallest absolute Gasteiger partial charge is 0.159 e. The van der Waals surface area contributed by atoms with Crippen molar-refractivity contribution in [1.82, 2.24) is 9.97 Å². The molecule has 1 aromatic heterocycles. The van der Waals surface area contributed by atoms with Crippen molar-refractivity contribution in [3.8, 4) is 17.5 Å². The molecule has 0 aliphatic heterocycles. The lowest BCUT2D eigenvalue weighted by molar-refractivity contribution is 1.06. The van der Waals surface area contributed by atoms with Crippen LogP contribution in [0, 0.1) is 11.3 Å². The molecule has 0 amide bonds. The minimum atomic E-state index is 0.322. The zero-order valence-electron chi connectivity index (χ0n) is 8.09. The third-order valence-corrected chi connectivity index (χ3v) is 2.01. The SMILES string of the molecule is N#CCc1ccnc(-c2ccccc2)n1. The zero-order chi connectivity index (χ0) is 10.5. The third kappa shape index (κ3) is 2.18. The van der Waals surface area contributed by atoms with E-state index in [1.54, 1.807) is 12.3 Å². The maximum absolute atomic E-state index is 8.57. The van der Waals surface area contributed by atoms with Gasteiger partial charge in [0, 0.05) is 11.8 Å². The summed E-state index contributed by atoms with van der Waals surface area (Å²) in [6, 6.07) is 13.6. The van der Waals surface area contributed by atoms with Gasteiger partial charge in [-0.05, 0) is 6.07 Å². The van der Waals surface area contributed by atoms with Gasteiger partial charge in [-0.1, -0.05) is 30.3 Å². The highest BCUT2D eigenvalue weighted by atomic mass is 14.9. The molecule has 0 fully saturated rings. The van der Waals surface area contributed by atoms with Gasteiger partial charge in [-0.2, -0.15) is 5.26 Å². The van der Waals surface area contributed by atoms with Crippen molar-refractivity contribution in [3.05, 3.63) is 48.3 Å². The molecule has 3 nitrogen and oxygen atoms in total. The summed E-state index contributed by atoms with van der Waals surface area (Å²) in [4.78, 5) is 8.47. The molecule has 0 aliphatic carbocycles. The number of aromatic nitrogens is 2. The van der Waals surface area contributed by atoms with Crippen LogP contribution in [0.15, 0.2) is 42.6 Å². The van der Waals surface area contributed by atoms with Gasteiger partial charge in [-0.15, -0.1) is 0 Å². The van der Waals surface area contributed by atoms with Crippen molar-refractivity contribution < 1.29 is 0 Å². The highest BCUT2D eigenvalue weighted by Crippen LogP contribution is 2.13. The van der Waals surface area contributed by atoms with Crippen LogP contribution in [0.4, 0.5) is 0 Å². The number of nitrogens with zero attached hydrogens (tertiary/aromatic N) is 3. The zero-order valence-corrected chi connectivity index (χ0v) is 8.09. The second-order valence-electron chi connectivity index (χ2n) is 3.07. The van der Waals surface area contributed by atoms with E-state index in [1.165, 1.54) is 0 Å². The normalized spacial score (nSPS) is 9.53. The monoisotopic (exact) mass is 195 g/mol. The van der Waals surface area contributed by atoms with Crippen molar-refractivity contribution >= 4 is 0 Å². The Morgan fingerprint density at radius 2 is 1.93 bits per heavy atom. The molecule has 0 aliphatic rings. The highest BCUT2D eigenvalue weighted by molar-refractivity contribution is 5.54. The highest BCUT2D eigenvalue weighted by Gasteiger charge is 2.00. The summed E-state index contributed by atoms with van der Waals surface area (Å²) < 4.78 is 0. The molecule has 0 atom stereocenters. The second-order valence-corrected chi connectivity index (χ2v) is 3.07. The van der Waals surface area contributed by atoms with Crippen LogP contribution in [-0.4, -0.2) is 9.97 Å². The maximum atomic E-state index is 8.57. The molecule has 0 saturated carbocycles. The molecule has 0 saturated heterocycles. The molecule has 0 unspecified atom stereocenters. The van der Waals surface area contributed by atoms with E-state index in [2.05, 4.69) is 16.0 Å². The van der Waals surface area contributed by atoms with Crippen molar-refractivity contribution in [2.24, 2.45) is 0 Å². The lowest BCUT2D eigenvalue weighted by atomic mass is 10.2. The number of nitriles is 1. The molecule has 0 N–H and O–H groups in total. The Morgan fingerprint density at radius 3 is 2.67 bits per heavy atom. The minimum absolute atomic E-state index is 0.322. The minimum Gasteiger partial charge on any atom is -0.237 e. The van der Waals surface area contributed by atoms with Crippen molar-refractivity contribution in [1.29, 1.82) is 5.26 Å². The average molecular weight is 195 g/mol. The van der Waals surface area contributed by atoms with Crippen LogP contribution < -0.4 is 0 Å². The molecular weight excluding hydrogens is 186 g/mol. The number of benzene rings is 1. The average Bonchev–Trinajstić information content (AvgIpc) is 2.31. The third-order valence-electron chi connectivity index (χ3n) is 2.01. The first-order chi connectivity index (χ1) is 7.40. The summed E-state index contributed by atoms with van der Waals surface area (Å²) in [7, 11) is 0. The molecule has 2 rings (SSSR count). The Labute approximate surface area is 88.1 Å².